The number of anilines is 3. The molecule has 2 atom stereocenters. The summed E-state index contributed by atoms with van der Waals surface area (Å²) in [6, 6.07) is 38.9. The maximum Gasteiger partial charge on any atom is 0.0694 e. The van der Waals surface area contributed by atoms with E-state index in [0.29, 0.717) is 5.92 Å². The molecule has 2 unspecified atom stereocenters. The quantitative estimate of drug-likeness (QED) is 0.183. The van der Waals surface area contributed by atoms with Crippen molar-refractivity contribution in [3.63, 3.8) is 0 Å². The molecule has 6 aliphatic carbocycles. The second-order valence-corrected chi connectivity index (χ2v) is 15.6. The molecule has 6 aliphatic rings. The van der Waals surface area contributed by atoms with Crippen LogP contribution in [-0.2, 0) is 5.41 Å². The van der Waals surface area contributed by atoms with Gasteiger partial charge in [0.1, 0.15) is 0 Å². The lowest BCUT2D eigenvalue weighted by atomic mass is 9.69. The van der Waals surface area contributed by atoms with Gasteiger partial charge in [0.15, 0.2) is 0 Å². The summed E-state index contributed by atoms with van der Waals surface area (Å²) in [5.74, 6) is 0.502. The molecule has 1 aromatic heterocycles. The maximum atomic E-state index is 2.59. The van der Waals surface area contributed by atoms with Crippen molar-refractivity contribution in [2.45, 2.75) is 31.1 Å². The van der Waals surface area contributed by atoms with Gasteiger partial charge in [-0.05, 0) is 123 Å². The molecule has 236 valence electrons. The fourth-order valence-corrected chi connectivity index (χ4v) is 11.6. The van der Waals surface area contributed by atoms with Gasteiger partial charge in [0.2, 0.25) is 0 Å². The van der Waals surface area contributed by atoms with E-state index in [1.165, 1.54) is 87.8 Å². The largest absolute Gasteiger partial charge is 0.310 e. The minimum atomic E-state index is -0.214. The van der Waals surface area contributed by atoms with E-state index in [0.717, 1.165) is 19.3 Å². The second kappa shape index (κ2) is 9.84. The van der Waals surface area contributed by atoms with Crippen molar-refractivity contribution >= 4 is 64.9 Å². The average molecular weight is 656 g/mol. The van der Waals surface area contributed by atoms with Crippen LogP contribution in [0.5, 0.6) is 0 Å². The third-order valence-electron chi connectivity index (χ3n) is 12.2. The molecule has 50 heavy (non-hydrogen) atoms. The van der Waals surface area contributed by atoms with Crippen LogP contribution in [0, 0.1) is 5.92 Å². The summed E-state index contributed by atoms with van der Waals surface area (Å²) in [6.07, 6.45) is 21.5. The smallest absolute Gasteiger partial charge is 0.0694 e. The molecular formula is C48H33NS. The van der Waals surface area contributed by atoms with Gasteiger partial charge in [-0.1, -0.05) is 109 Å². The number of nitrogens with zero attached hydrogens (tertiary/aromatic N) is 1. The van der Waals surface area contributed by atoms with Gasteiger partial charge in [-0.2, -0.15) is 0 Å². The van der Waals surface area contributed by atoms with Crippen molar-refractivity contribution in [3.8, 4) is 0 Å². The van der Waals surface area contributed by atoms with Crippen LogP contribution in [0.15, 0.2) is 179 Å². The molecule has 0 saturated heterocycles. The molecule has 0 fully saturated rings. The van der Waals surface area contributed by atoms with Crippen LogP contribution in [0.1, 0.15) is 36.8 Å². The van der Waals surface area contributed by atoms with Gasteiger partial charge in [-0.3, -0.25) is 0 Å². The lowest BCUT2D eigenvalue weighted by Crippen LogP contribution is -2.27. The average Bonchev–Trinajstić information content (AvgIpc) is 3.80. The Morgan fingerprint density at radius 2 is 1.52 bits per heavy atom. The van der Waals surface area contributed by atoms with E-state index in [2.05, 4.69) is 151 Å². The van der Waals surface area contributed by atoms with Crippen LogP contribution in [0.3, 0.4) is 0 Å². The van der Waals surface area contributed by atoms with Crippen LogP contribution < -0.4 is 4.90 Å². The molecule has 1 nitrogen and oxygen atoms in total. The highest BCUT2D eigenvalue weighted by atomic mass is 32.1. The number of hydrogen-bond acceptors (Lipinski definition) is 2. The van der Waals surface area contributed by atoms with E-state index in [1.807, 2.05) is 11.3 Å². The van der Waals surface area contributed by atoms with Gasteiger partial charge in [0, 0.05) is 37.5 Å². The summed E-state index contributed by atoms with van der Waals surface area (Å²) >= 11 is 1.89. The number of rotatable bonds is 3. The first-order chi connectivity index (χ1) is 24.8. The Hall–Kier alpha value is -5.44. The first-order valence-corrected chi connectivity index (χ1v) is 18.9. The maximum absolute atomic E-state index is 2.59. The summed E-state index contributed by atoms with van der Waals surface area (Å²) in [7, 11) is 0. The SMILES string of the molecule is C1=CC2=C(C=CC1)C13C4=C(CCC=C4c4ccc(N(c5ccc6ccccc6c5)c5cccc6sc7ccccc7c56)cc41)C1CC=CC2=C13. The Balaban J connectivity index is 1.17. The summed E-state index contributed by atoms with van der Waals surface area (Å²) in [6.45, 7) is 0. The van der Waals surface area contributed by atoms with Crippen LogP contribution in [0.2, 0.25) is 0 Å². The Bertz CT molecular complexity index is 2770. The van der Waals surface area contributed by atoms with Crippen molar-refractivity contribution < 1.29 is 0 Å². The van der Waals surface area contributed by atoms with Crippen molar-refractivity contribution in [1.82, 2.24) is 0 Å². The van der Waals surface area contributed by atoms with E-state index in [4.69, 9.17) is 0 Å². The van der Waals surface area contributed by atoms with Crippen molar-refractivity contribution in [2.24, 2.45) is 5.92 Å². The lowest BCUT2D eigenvalue weighted by Gasteiger charge is -2.33. The second-order valence-electron chi connectivity index (χ2n) is 14.5. The minimum absolute atomic E-state index is 0.214. The fourth-order valence-electron chi connectivity index (χ4n) is 10.5. The number of benzene rings is 5. The third-order valence-corrected chi connectivity index (χ3v) is 13.4. The van der Waals surface area contributed by atoms with Gasteiger partial charge in [0.05, 0.1) is 11.1 Å². The van der Waals surface area contributed by atoms with E-state index >= 15 is 0 Å². The predicted molar refractivity (Wildman–Crippen MR) is 212 cm³/mol. The van der Waals surface area contributed by atoms with E-state index in [1.54, 1.807) is 16.7 Å². The Labute approximate surface area is 295 Å². The molecule has 0 bridgehead atoms. The summed E-state index contributed by atoms with van der Waals surface area (Å²) in [5.41, 5.74) is 17.2. The van der Waals surface area contributed by atoms with Gasteiger partial charge < -0.3 is 4.90 Å². The lowest BCUT2D eigenvalue weighted by molar-refractivity contribution is 0.648. The Kier molecular flexibility index (Phi) is 5.39. The molecule has 0 saturated carbocycles. The Morgan fingerprint density at radius 1 is 0.700 bits per heavy atom. The molecule has 0 radical (unpaired) electrons. The topological polar surface area (TPSA) is 3.24 Å². The van der Waals surface area contributed by atoms with E-state index in [9.17, 15) is 0 Å². The zero-order chi connectivity index (χ0) is 32.6. The normalized spacial score (nSPS) is 22.4. The molecule has 0 aliphatic heterocycles. The van der Waals surface area contributed by atoms with Gasteiger partial charge >= 0.3 is 0 Å². The standard InChI is InChI=1S/C48H33NS/c1-2-13-33-35-15-8-17-37-38-18-9-16-36-34-26-25-32(28-41(34)48(46(35)37,47(36)38)40(33)19-3-1)49(31-24-23-29-11-4-5-12-30(29)27-31)42-20-10-22-44-45(42)39-14-6-7-21-43(39)50-44/h2-8,10-16,19-28,37H,1,9,17-18H2. The first kappa shape index (κ1) is 27.4. The van der Waals surface area contributed by atoms with Crippen molar-refractivity contribution in [1.29, 1.82) is 0 Å². The Morgan fingerprint density at radius 3 is 2.50 bits per heavy atom. The van der Waals surface area contributed by atoms with E-state index in [-0.39, 0.29) is 5.41 Å². The molecule has 0 N–H and O–H groups in total. The third kappa shape index (κ3) is 3.33. The molecule has 6 aromatic rings. The number of hydrogen-bond donors (Lipinski definition) is 0. The molecule has 2 heteroatoms. The van der Waals surface area contributed by atoms with Crippen molar-refractivity contribution in [3.05, 3.63) is 190 Å². The molecule has 1 heterocycles. The molecule has 5 aromatic carbocycles. The van der Waals surface area contributed by atoms with Gasteiger partial charge in [-0.25, -0.2) is 0 Å². The molecule has 1 spiro atoms. The van der Waals surface area contributed by atoms with Crippen LogP contribution >= 0.6 is 11.3 Å². The highest BCUT2D eigenvalue weighted by Crippen LogP contribution is 2.72. The molecule has 12 rings (SSSR count). The highest BCUT2D eigenvalue weighted by molar-refractivity contribution is 7.26. The minimum Gasteiger partial charge on any atom is -0.310 e. The zero-order valence-electron chi connectivity index (χ0n) is 27.6. The van der Waals surface area contributed by atoms with E-state index < -0.39 is 0 Å². The van der Waals surface area contributed by atoms with Crippen LogP contribution in [-0.4, -0.2) is 0 Å². The van der Waals surface area contributed by atoms with Gasteiger partial charge in [-0.15, -0.1) is 11.3 Å². The highest BCUT2D eigenvalue weighted by Gasteiger charge is 2.62. The zero-order valence-corrected chi connectivity index (χ0v) is 28.4. The molecular weight excluding hydrogens is 623 g/mol. The summed E-state index contributed by atoms with van der Waals surface area (Å²) < 4.78 is 2.65. The van der Waals surface area contributed by atoms with Crippen LogP contribution in [0.4, 0.5) is 17.1 Å². The summed E-state index contributed by atoms with van der Waals surface area (Å²) in [5, 5.41) is 5.17. The summed E-state index contributed by atoms with van der Waals surface area (Å²) in [4.78, 5) is 2.55. The monoisotopic (exact) mass is 655 g/mol. The number of fused-ring (bicyclic) bond motifs is 8. The predicted octanol–water partition coefficient (Wildman–Crippen LogP) is 13.1. The fraction of sp³-hybridized carbons (Fsp3) is 0.125. The number of thiophene rings is 1. The molecule has 0 amide bonds. The first-order valence-electron chi connectivity index (χ1n) is 18.1. The van der Waals surface area contributed by atoms with Gasteiger partial charge in [0.25, 0.3) is 0 Å². The number of allylic oxidation sites excluding steroid dienone is 14. The van der Waals surface area contributed by atoms with Crippen LogP contribution in [0.25, 0.3) is 36.5 Å². The van der Waals surface area contributed by atoms with Crippen molar-refractivity contribution in [2.75, 3.05) is 4.90 Å².